The Morgan fingerprint density at radius 1 is 1.23 bits per heavy atom. The Morgan fingerprint density at radius 3 is 2.88 bits per heavy atom. The number of pyridine rings is 1. The van der Waals surface area contributed by atoms with Crippen LogP contribution in [0, 0.1) is 0 Å². The molecule has 2 amide bonds. The van der Waals surface area contributed by atoms with Crippen LogP contribution in [0.1, 0.15) is 35.1 Å². The van der Waals surface area contributed by atoms with Gasteiger partial charge in [0.1, 0.15) is 5.82 Å². The van der Waals surface area contributed by atoms with E-state index in [0.717, 1.165) is 17.5 Å². The summed E-state index contributed by atoms with van der Waals surface area (Å²) in [6.45, 7) is 0. The predicted molar refractivity (Wildman–Crippen MR) is 101 cm³/mol. The third-order valence-corrected chi connectivity index (χ3v) is 4.77. The van der Waals surface area contributed by atoms with Crippen molar-refractivity contribution in [3.05, 3.63) is 69.9 Å². The number of allylic oxidation sites excluding steroid dienone is 1. The summed E-state index contributed by atoms with van der Waals surface area (Å²) in [5.74, 6) is 0.166. The van der Waals surface area contributed by atoms with Crippen LogP contribution in [-0.4, -0.2) is 16.8 Å². The molecule has 0 saturated heterocycles. The number of rotatable bonds is 4. The summed E-state index contributed by atoms with van der Waals surface area (Å²) in [6.07, 6.45) is 8.07. The number of hydrogen-bond donors (Lipinski definition) is 2. The molecule has 0 atom stereocenters. The molecule has 5 nitrogen and oxygen atoms in total. The fourth-order valence-electron chi connectivity index (χ4n) is 3.47. The van der Waals surface area contributed by atoms with Gasteiger partial charge in [-0.3, -0.25) is 9.59 Å². The summed E-state index contributed by atoms with van der Waals surface area (Å²) in [5, 5.41) is 2.76. The Morgan fingerprint density at radius 2 is 2.08 bits per heavy atom. The van der Waals surface area contributed by atoms with Gasteiger partial charge in [-0.25, -0.2) is 4.98 Å². The number of nitrogens with one attached hydrogen (secondary N) is 1. The van der Waals surface area contributed by atoms with Crippen LogP contribution >= 0.6 is 0 Å². The van der Waals surface area contributed by atoms with Crippen LogP contribution < -0.4 is 11.1 Å². The highest BCUT2D eigenvalue weighted by Gasteiger charge is 2.18. The topological polar surface area (TPSA) is 85.1 Å². The second-order valence-electron chi connectivity index (χ2n) is 6.71. The third kappa shape index (κ3) is 3.28. The lowest BCUT2D eigenvalue weighted by atomic mass is 9.99. The van der Waals surface area contributed by atoms with Crippen molar-refractivity contribution in [2.45, 2.75) is 25.7 Å². The number of fused-ring (bicyclic) bond motifs is 2. The standard InChI is InChI=1S/C21H19N3O2/c22-20(26)18(9-13-7-15-3-1-2-4-16(15)8-13)11-14-10-17-5-6-19(25)24-21(17)23-12-14/h1-4,7,10-12H,5-6,8-9H2,(H2,22,26)(H,23,24,25). The largest absolute Gasteiger partial charge is 0.366 e. The maximum atomic E-state index is 11.9. The van der Waals surface area contributed by atoms with Crippen molar-refractivity contribution in [3.63, 3.8) is 0 Å². The monoisotopic (exact) mass is 345 g/mol. The Labute approximate surface area is 151 Å². The molecule has 4 rings (SSSR count). The summed E-state index contributed by atoms with van der Waals surface area (Å²) >= 11 is 0. The number of aromatic nitrogens is 1. The van der Waals surface area contributed by atoms with E-state index in [9.17, 15) is 9.59 Å². The number of nitrogens with two attached hydrogens (primary N) is 1. The van der Waals surface area contributed by atoms with Gasteiger partial charge in [0, 0.05) is 18.2 Å². The highest BCUT2D eigenvalue weighted by Crippen LogP contribution is 2.29. The first-order valence-corrected chi connectivity index (χ1v) is 8.65. The van der Waals surface area contributed by atoms with Crippen LogP contribution in [0.4, 0.5) is 5.82 Å². The van der Waals surface area contributed by atoms with Gasteiger partial charge in [0.05, 0.1) is 0 Å². The molecule has 2 aliphatic rings. The van der Waals surface area contributed by atoms with E-state index in [1.54, 1.807) is 12.3 Å². The van der Waals surface area contributed by atoms with Crippen LogP contribution in [0.25, 0.3) is 12.2 Å². The zero-order chi connectivity index (χ0) is 18.1. The Bertz CT molecular complexity index is 973. The summed E-state index contributed by atoms with van der Waals surface area (Å²) in [6, 6.07) is 10.2. The fraction of sp³-hybridized carbons (Fsp3) is 0.190. The molecule has 2 aromatic rings. The molecule has 1 aromatic heterocycles. The Hall–Kier alpha value is -3.21. The molecule has 3 N–H and O–H groups in total. The molecule has 0 radical (unpaired) electrons. The van der Waals surface area contributed by atoms with Crippen molar-refractivity contribution < 1.29 is 9.59 Å². The maximum absolute atomic E-state index is 11.9. The second-order valence-corrected chi connectivity index (χ2v) is 6.71. The number of carbonyl (C=O) groups is 2. The van der Waals surface area contributed by atoms with Crippen LogP contribution in [-0.2, 0) is 22.4 Å². The molecule has 0 unspecified atom stereocenters. The van der Waals surface area contributed by atoms with E-state index in [4.69, 9.17) is 5.73 Å². The quantitative estimate of drug-likeness (QED) is 0.836. The smallest absolute Gasteiger partial charge is 0.244 e. The van der Waals surface area contributed by atoms with Crippen LogP contribution in [0.15, 0.2) is 47.7 Å². The molecule has 0 bridgehead atoms. The highest BCUT2D eigenvalue weighted by atomic mass is 16.2. The van der Waals surface area contributed by atoms with Gasteiger partial charge in [0.15, 0.2) is 0 Å². The predicted octanol–water partition coefficient (Wildman–Crippen LogP) is 2.86. The Kier molecular flexibility index (Phi) is 4.13. The van der Waals surface area contributed by atoms with Gasteiger partial charge in [-0.15, -0.1) is 0 Å². The number of nitrogens with zero attached hydrogens (tertiary/aromatic N) is 1. The van der Waals surface area contributed by atoms with E-state index < -0.39 is 5.91 Å². The number of primary amides is 1. The zero-order valence-electron chi connectivity index (χ0n) is 14.3. The molecule has 26 heavy (non-hydrogen) atoms. The molecule has 2 heterocycles. The van der Waals surface area contributed by atoms with E-state index in [-0.39, 0.29) is 5.91 Å². The molecule has 1 aromatic carbocycles. The SMILES string of the molecule is NC(=O)C(=Cc1cnc2c(c1)CCC(=O)N2)CC1=Cc2ccccc2C1. The van der Waals surface area contributed by atoms with E-state index in [2.05, 4.69) is 28.5 Å². The lowest BCUT2D eigenvalue weighted by molar-refractivity contribution is -0.116. The van der Waals surface area contributed by atoms with Gasteiger partial charge in [-0.05, 0) is 53.7 Å². The van der Waals surface area contributed by atoms with Gasteiger partial charge >= 0.3 is 0 Å². The van der Waals surface area contributed by atoms with Crippen molar-refractivity contribution in [3.8, 4) is 0 Å². The van der Waals surface area contributed by atoms with Crippen molar-refractivity contribution in [2.24, 2.45) is 5.73 Å². The fourth-order valence-corrected chi connectivity index (χ4v) is 3.47. The normalized spacial score (nSPS) is 15.8. The second kappa shape index (κ2) is 6.59. The van der Waals surface area contributed by atoms with Crippen LogP contribution in [0.5, 0.6) is 0 Å². The Balaban J connectivity index is 1.58. The van der Waals surface area contributed by atoms with Crippen molar-refractivity contribution in [1.29, 1.82) is 0 Å². The molecule has 130 valence electrons. The third-order valence-electron chi connectivity index (χ3n) is 4.77. The van der Waals surface area contributed by atoms with Gasteiger partial charge in [0.25, 0.3) is 0 Å². The van der Waals surface area contributed by atoms with Gasteiger partial charge in [-0.1, -0.05) is 35.9 Å². The minimum atomic E-state index is -0.423. The zero-order valence-corrected chi connectivity index (χ0v) is 14.3. The summed E-state index contributed by atoms with van der Waals surface area (Å²) in [4.78, 5) is 27.7. The summed E-state index contributed by atoms with van der Waals surface area (Å²) in [5.41, 5.74) is 11.6. The molecule has 0 spiro atoms. The molecular weight excluding hydrogens is 326 g/mol. The summed E-state index contributed by atoms with van der Waals surface area (Å²) < 4.78 is 0. The van der Waals surface area contributed by atoms with Crippen LogP contribution in [0.3, 0.4) is 0 Å². The van der Waals surface area contributed by atoms with E-state index in [1.807, 2.05) is 18.2 Å². The maximum Gasteiger partial charge on any atom is 0.244 e. The average Bonchev–Trinajstić information content (AvgIpc) is 3.03. The summed E-state index contributed by atoms with van der Waals surface area (Å²) in [7, 11) is 0. The molecule has 5 heteroatoms. The minimum Gasteiger partial charge on any atom is -0.366 e. The average molecular weight is 345 g/mol. The first-order chi connectivity index (χ1) is 12.6. The van der Waals surface area contributed by atoms with E-state index >= 15 is 0 Å². The lowest BCUT2D eigenvalue weighted by Gasteiger charge is -2.15. The van der Waals surface area contributed by atoms with Crippen LogP contribution in [0.2, 0.25) is 0 Å². The molecule has 0 saturated carbocycles. The van der Waals surface area contributed by atoms with E-state index in [1.165, 1.54) is 16.7 Å². The lowest BCUT2D eigenvalue weighted by Crippen LogP contribution is -2.20. The number of amides is 2. The number of carbonyl (C=O) groups excluding carboxylic acids is 2. The minimum absolute atomic E-state index is 0.0150. The van der Waals surface area contributed by atoms with Gasteiger partial charge in [0.2, 0.25) is 11.8 Å². The number of anilines is 1. The first-order valence-electron chi connectivity index (χ1n) is 8.65. The number of hydrogen-bond acceptors (Lipinski definition) is 3. The first kappa shape index (κ1) is 16.3. The molecular formula is C21H19N3O2. The molecule has 1 aliphatic carbocycles. The number of aryl methyl sites for hydroxylation is 1. The highest BCUT2D eigenvalue weighted by molar-refractivity contribution is 5.97. The van der Waals surface area contributed by atoms with E-state index in [0.29, 0.717) is 30.7 Å². The van der Waals surface area contributed by atoms with Crippen molar-refractivity contribution >= 4 is 29.8 Å². The number of benzene rings is 1. The van der Waals surface area contributed by atoms with Gasteiger partial charge in [-0.2, -0.15) is 0 Å². The van der Waals surface area contributed by atoms with Crippen molar-refractivity contribution in [2.75, 3.05) is 5.32 Å². The molecule has 1 aliphatic heterocycles. The molecule has 0 fully saturated rings. The van der Waals surface area contributed by atoms with Gasteiger partial charge < -0.3 is 11.1 Å². The van der Waals surface area contributed by atoms with Crippen molar-refractivity contribution in [1.82, 2.24) is 4.98 Å².